The summed E-state index contributed by atoms with van der Waals surface area (Å²) in [5.41, 5.74) is 9.92. The first-order chi connectivity index (χ1) is 32.8. The van der Waals surface area contributed by atoms with Gasteiger partial charge in [-0.25, -0.2) is 9.97 Å². The predicted octanol–water partition coefficient (Wildman–Crippen LogP) is 8.80. The minimum absolute atomic E-state index is 0.0231. The summed E-state index contributed by atoms with van der Waals surface area (Å²) in [6, 6.07) is 19.0. The summed E-state index contributed by atoms with van der Waals surface area (Å²) in [6.07, 6.45) is 14.5. The molecule has 68 heavy (non-hydrogen) atoms. The van der Waals surface area contributed by atoms with Crippen molar-refractivity contribution in [3.63, 3.8) is 0 Å². The first-order valence-corrected chi connectivity index (χ1v) is 23.8. The molecule has 3 saturated heterocycles. The maximum Gasteiger partial charge on any atom is 0.292 e. The van der Waals surface area contributed by atoms with Gasteiger partial charge in [-0.2, -0.15) is 0 Å². The number of benzene rings is 3. The van der Waals surface area contributed by atoms with E-state index in [0.29, 0.717) is 43.2 Å². The third-order valence-corrected chi connectivity index (χ3v) is 12.5. The van der Waals surface area contributed by atoms with Gasteiger partial charge in [0.15, 0.2) is 0 Å². The van der Waals surface area contributed by atoms with Gasteiger partial charge in [0.1, 0.15) is 24.2 Å². The minimum Gasteiger partial charge on any atom is -0.471 e. The number of ether oxygens (including phenoxy) is 3. The number of likely N-dealkylation sites (tertiary alicyclic amines) is 2. The van der Waals surface area contributed by atoms with Crippen LogP contribution in [0.2, 0.25) is 0 Å². The molecule has 0 radical (unpaired) electrons. The van der Waals surface area contributed by atoms with Gasteiger partial charge < -0.3 is 44.4 Å². The van der Waals surface area contributed by atoms with E-state index in [9.17, 15) is 9.59 Å². The highest BCUT2D eigenvalue weighted by atomic mass is 16.5. The number of fused-ring (bicyclic) bond motifs is 6. The van der Waals surface area contributed by atoms with Crippen molar-refractivity contribution in [2.24, 2.45) is 11.8 Å². The van der Waals surface area contributed by atoms with Crippen molar-refractivity contribution in [3.8, 4) is 33.6 Å². The van der Waals surface area contributed by atoms with Gasteiger partial charge in [-0.1, -0.05) is 64.1 Å². The van der Waals surface area contributed by atoms with Gasteiger partial charge in [0.2, 0.25) is 6.41 Å². The van der Waals surface area contributed by atoms with Crippen molar-refractivity contribution in [1.82, 2.24) is 40.4 Å². The number of amides is 1. The first kappa shape index (κ1) is 55.0. The van der Waals surface area contributed by atoms with E-state index in [2.05, 4.69) is 103 Å². The summed E-state index contributed by atoms with van der Waals surface area (Å²) in [4.78, 5) is 59.4. The third-order valence-electron chi connectivity index (χ3n) is 12.5. The molecule has 15 nitrogen and oxygen atoms in total. The molecule has 3 fully saturated rings. The lowest BCUT2D eigenvalue weighted by Crippen LogP contribution is -2.31. The predicted molar refractivity (Wildman–Crippen MR) is 270 cm³/mol. The number of imidazole rings is 2. The zero-order chi connectivity index (χ0) is 49.8. The van der Waals surface area contributed by atoms with E-state index in [1.54, 1.807) is 28.3 Å². The maximum atomic E-state index is 10.1. The van der Waals surface area contributed by atoms with Gasteiger partial charge in [-0.05, 0) is 130 Å². The lowest BCUT2D eigenvalue weighted by Gasteiger charge is -2.20. The van der Waals surface area contributed by atoms with Crippen molar-refractivity contribution in [2.45, 2.75) is 103 Å². The quantitative estimate of drug-likeness (QED) is 0.0874. The number of aldehydes is 2. The van der Waals surface area contributed by atoms with Crippen LogP contribution >= 0.6 is 0 Å². The summed E-state index contributed by atoms with van der Waals surface area (Å²) < 4.78 is 14.6. The SMILES string of the molecule is CC(C)CC=O.CN1CCCC1c1ncc(-c2ccc3cc(-c4ccc(-c5cnc([C@@H]6CCCN6C)[nH]5)c5c4C4CCC5O4)ccc3c2)[nH]1.CNC(C=O)C(C)C.CNC=O.COC.COC=O. The molecule has 3 aromatic carbocycles. The summed E-state index contributed by atoms with van der Waals surface area (Å²) in [7, 11) is 12.3. The average Bonchev–Trinajstić information content (AvgIpc) is 4.22. The molecular weight excluding hydrogens is 861 g/mol. The van der Waals surface area contributed by atoms with E-state index in [-0.39, 0.29) is 18.2 Å². The normalized spacial score (nSPS) is 19.4. The topological polar surface area (TPSA) is 184 Å². The van der Waals surface area contributed by atoms with Crippen molar-refractivity contribution >= 4 is 36.2 Å². The third kappa shape index (κ3) is 14.5. The number of methoxy groups -OCH3 is 2. The van der Waals surface area contributed by atoms with Crippen molar-refractivity contribution in [2.75, 3.05) is 62.6 Å². The molecule has 5 atom stereocenters. The minimum atomic E-state index is 0.0231. The van der Waals surface area contributed by atoms with Crippen LogP contribution < -0.4 is 10.6 Å². The van der Waals surface area contributed by atoms with Crippen molar-refractivity contribution in [3.05, 3.63) is 83.7 Å². The Morgan fingerprint density at radius 1 is 0.735 bits per heavy atom. The lowest BCUT2D eigenvalue weighted by molar-refractivity contribution is -0.126. The highest BCUT2D eigenvalue weighted by Crippen LogP contribution is 2.56. The Morgan fingerprint density at radius 2 is 1.22 bits per heavy atom. The molecule has 1 amide bonds. The molecule has 5 aromatic rings. The van der Waals surface area contributed by atoms with Gasteiger partial charge >= 0.3 is 0 Å². The summed E-state index contributed by atoms with van der Waals surface area (Å²) in [6.45, 7) is 10.7. The van der Waals surface area contributed by atoms with Crippen LogP contribution in [-0.2, 0) is 33.4 Å². The van der Waals surface area contributed by atoms with E-state index in [1.165, 1.54) is 76.9 Å². The molecule has 2 bridgehead atoms. The van der Waals surface area contributed by atoms with E-state index >= 15 is 0 Å². The summed E-state index contributed by atoms with van der Waals surface area (Å²) in [5.74, 6) is 3.10. The Morgan fingerprint density at radius 3 is 1.63 bits per heavy atom. The highest BCUT2D eigenvalue weighted by Gasteiger charge is 2.42. The molecule has 9 rings (SSSR count). The molecule has 4 aliphatic rings. The number of likely N-dealkylation sites (N-methyl/N-ethyl adjacent to an activating group) is 1. The summed E-state index contributed by atoms with van der Waals surface area (Å²) in [5, 5.41) is 7.62. The van der Waals surface area contributed by atoms with Gasteiger partial charge in [0.25, 0.3) is 6.47 Å². The fourth-order valence-corrected chi connectivity index (χ4v) is 9.02. The monoisotopic (exact) mass is 937 g/mol. The molecule has 4 unspecified atom stereocenters. The number of aromatic amines is 2. The van der Waals surface area contributed by atoms with Gasteiger partial charge in [0.05, 0.1) is 61.2 Å². The number of carbonyl (C=O) groups is 4. The number of H-pyrrole nitrogens is 2. The molecule has 4 N–H and O–H groups in total. The fourth-order valence-electron chi connectivity index (χ4n) is 9.02. The van der Waals surface area contributed by atoms with Crippen LogP contribution in [0, 0.1) is 11.8 Å². The first-order valence-electron chi connectivity index (χ1n) is 23.8. The number of hydrogen-bond acceptors (Lipinski definition) is 12. The van der Waals surface area contributed by atoms with Crippen LogP contribution in [0.15, 0.2) is 60.9 Å². The van der Waals surface area contributed by atoms with E-state index in [1.807, 2.05) is 40.1 Å². The molecule has 370 valence electrons. The molecule has 6 heterocycles. The fraction of sp³-hybridized carbons (Fsp3) is 0.509. The Hall–Kier alpha value is -5.58. The molecule has 0 spiro atoms. The number of carbonyl (C=O) groups excluding carboxylic acids is 4. The van der Waals surface area contributed by atoms with Crippen molar-refractivity contribution < 1.29 is 33.4 Å². The van der Waals surface area contributed by atoms with Gasteiger partial charge in [-0.15, -0.1) is 0 Å². The van der Waals surface area contributed by atoms with E-state index < -0.39 is 0 Å². The van der Waals surface area contributed by atoms with Crippen LogP contribution in [0.1, 0.15) is 120 Å². The van der Waals surface area contributed by atoms with E-state index in [4.69, 9.17) is 24.3 Å². The Bertz CT molecular complexity index is 2320. The van der Waals surface area contributed by atoms with Gasteiger partial charge in [0, 0.05) is 38.8 Å². The number of aromatic nitrogens is 4. The van der Waals surface area contributed by atoms with Crippen molar-refractivity contribution in [1.29, 1.82) is 0 Å². The molecule has 0 saturated carbocycles. The molecule has 4 aliphatic heterocycles. The second-order valence-electron chi connectivity index (χ2n) is 18.2. The van der Waals surface area contributed by atoms with Crippen LogP contribution in [0.4, 0.5) is 0 Å². The number of nitrogens with zero attached hydrogens (tertiary/aromatic N) is 4. The highest BCUT2D eigenvalue weighted by molar-refractivity contribution is 5.91. The smallest absolute Gasteiger partial charge is 0.292 e. The standard InChI is InChI=1S/C36H38N6O.C6H13NO.C5H10O.C2H5NO.C2H4O2.C2H6O/c1-41-15-3-5-29(41)35-37-19-27(39-35)24-10-8-21-17-23(9-7-22(21)18-24)25-11-12-26(34-32-14-13-31(43-32)33(25)34)28-20-38-36(40-28)30-6-4-16-42(30)2;1-5(2)6(4-8)7-3;1-5(2)3-4-6;1-3-2-4;1-4-2-3;1-3-2/h7-12,17-20,29-32H,3-6,13-16H2,1-2H3,(H,37,39)(H,38,40);4-7H,1-3H3;4-5H,3H2,1-2H3;2H,1H3,(H,3,4);2H,1H3;1-2H3/t29?,30-,31?,32?;;;;;/m0...../s1. The number of nitrogens with one attached hydrogen (secondary N) is 4. The van der Waals surface area contributed by atoms with Crippen LogP contribution in [0.5, 0.6) is 0 Å². The summed E-state index contributed by atoms with van der Waals surface area (Å²) >= 11 is 0. The molecule has 2 aromatic heterocycles. The average molecular weight is 937 g/mol. The number of rotatable bonds is 12. The lowest BCUT2D eigenvalue weighted by atomic mass is 9.82. The van der Waals surface area contributed by atoms with Crippen LogP contribution in [0.25, 0.3) is 44.4 Å². The van der Waals surface area contributed by atoms with Gasteiger partial charge in [-0.3, -0.25) is 19.4 Å². The second kappa shape index (κ2) is 28.0. The molecule has 0 aliphatic carbocycles. The van der Waals surface area contributed by atoms with E-state index in [0.717, 1.165) is 61.5 Å². The van der Waals surface area contributed by atoms with Crippen LogP contribution in [0.3, 0.4) is 0 Å². The molecular formula is C53H76N8O7. The molecule has 15 heteroatoms. The Kier molecular flexibility index (Phi) is 22.7. The number of hydrogen-bond donors (Lipinski definition) is 4. The largest absolute Gasteiger partial charge is 0.471 e. The Balaban J connectivity index is 0.000000335. The zero-order valence-electron chi connectivity index (χ0n) is 42.1. The van der Waals surface area contributed by atoms with Crippen LogP contribution in [-0.4, -0.2) is 124 Å². The zero-order valence-corrected chi connectivity index (χ0v) is 42.1. The second-order valence-corrected chi connectivity index (χ2v) is 18.2. The maximum absolute atomic E-state index is 10.1. The Labute approximate surface area is 403 Å².